The van der Waals surface area contributed by atoms with Crippen molar-refractivity contribution in [3.8, 4) is 0 Å². The van der Waals surface area contributed by atoms with Crippen molar-refractivity contribution in [3.05, 3.63) is 35.9 Å². The number of ether oxygens (including phenoxy) is 5. The molecule has 1 N–H and O–H groups in total. The second-order valence-corrected chi connectivity index (χ2v) is 22.4. The summed E-state index contributed by atoms with van der Waals surface area (Å²) in [4.78, 5) is 51.5. The van der Waals surface area contributed by atoms with E-state index in [2.05, 4.69) is 48.5 Å². The Morgan fingerprint density at radius 1 is 0.825 bits per heavy atom. The number of hydrogen-bond acceptors (Lipinski definition) is 10. The Bertz CT molecular complexity index is 1780. The second kappa shape index (κ2) is 19.2. The van der Waals surface area contributed by atoms with Gasteiger partial charge in [0.15, 0.2) is 18.2 Å². The van der Waals surface area contributed by atoms with Crippen LogP contribution in [0, 0.1) is 63.1 Å². The van der Waals surface area contributed by atoms with Gasteiger partial charge in [-0.05, 0) is 128 Å². The van der Waals surface area contributed by atoms with E-state index in [9.17, 15) is 24.3 Å². The van der Waals surface area contributed by atoms with Crippen LogP contribution < -0.4 is 0 Å². The van der Waals surface area contributed by atoms with Gasteiger partial charge in [0.1, 0.15) is 18.8 Å². The zero-order valence-electron chi connectivity index (χ0n) is 40.8. The Kier molecular flexibility index (Phi) is 15.1. The molecule has 4 aliphatic carbocycles. The predicted molar refractivity (Wildman–Crippen MR) is 242 cm³/mol. The van der Waals surface area contributed by atoms with Crippen molar-refractivity contribution in [1.82, 2.24) is 0 Å². The molecule has 4 saturated carbocycles. The molecule has 354 valence electrons. The van der Waals surface area contributed by atoms with Gasteiger partial charge in [-0.1, -0.05) is 98.6 Å². The molecule has 1 aromatic rings. The van der Waals surface area contributed by atoms with Gasteiger partial charge in [0, 0.05) is 38.5 Å². The summed E-state index contributed by atoms with van der Waals surface area (Å²) in [7, 11) is 0. The summed E-state index contributed by atoms with van der Waals surface area (Å²) in [5.74, 6) is -0.456. The quantitative estimate of drug-likeness (QED) is 0.0971. The summed E-state index contributed by atoms with van der Waals surface area (Å²) >= 11 is 0. The monoisotopic (exact) mass is 879 g/mol. The van der Waals surface area contributed by atoms with Crippen LogP contribution >= 0.6 is 0 Å². The summed E-state index contributed by atoms with van der Waals surface area (Å²) in [6.07, 6.45) is 8.01. The number of esters is 3. The Labute approximate surface area is 379 Å². The number of carbonyl (C=O) groups is 4. The van der Waals surface area contributed by atoms with E-state index in [1.807, 2.05) is 44.2 Å². The lowest BCUT2D eigenvalue weighted by Crippen LogP contribution is -2.66. The van der Waals surface area contributed by atoms with Crippen molar-refractivity contribution in [2.75, 3.05) is 6.61 Å². The van der Waals surface area contributed by atoms with Crippen LogP contribution in [-0.2, 0) is 49.3 Å². The van der Waals surface area contributed by atoms with Crippen LogP contribution in [0.5, 0.6) is 0 Å². The maximum atomic E-state index is 13.3. The number of unbranched alkanes of at least 4 members (excludes halogenated alkanes) is 1. The first-order valence-electron chi connectivity index (χ1n) is 24.6. The third-order valence-corrected chi connectivity index (χ3v) is 18.8. The first kappa shape index (κ1) is 49.6. The maximum Gasteiger partial charge on any atom is 0.303 e. The predicted octanol–water partition coefficient (Wildman–Crippen LogP) is 10.2. The van der Waals surface area contributed by atoms with Gasteiger partial charge < -0.3 is 28.8 Å². The van der Waals surface area contributed by atoms with Gasteiger partial charge in [0.2, 0.25) is 0 Å². The molecular weight excluding hydrogens is 797 g/mol. The minimum atomic E-state index is -0.945. The number of hydrogen-bond donors (Lipinski definition) is 1. The highest BCUT2D eigenvalue weighted by molar-refractivity contribution is 5.82. The van der Waals surface area contributed by atoms with E-state index in [-0.39, 0.29) is 57.3 Å². The Morgan fingerprint density at radius 3 is 2.08 bits per heavy atom. The fourth-order valence-electron chi connectivity index (χ4n) is 15.0. The molecule has 0 radical (unpaired) electrons. The Balaban J connectivity index is 1.38. The van der Waals surface area contributed by atoms with Crippen molar-refractivity contribution in [2.24, 2.45) is 63.1 Å². The molecule has 6 rings (SSSR count). The average Bonchev–Trinajstić information content (AvgIpc) is 3.60. The van der Waals surface area contributed by atoms with Crippen LogP contribution in [-0.4, -0.2) is 71.7 Å². The molecular formula is C53H82O10. The van der Waals surface area contributed by atoms with Gasteiger partial charge in [-0.25, -0.2) is 0 Å². The van der Waals surface area contributed by atoms with Crippen LogP contribution in [0.2, 0.25) is 0 Å². The highest BCUT2D eigenvalue weighted by atomic mass is 16.7. The van der Waals surface area contributed by atoms with E-state index < -0.39 is 54.7 Å². The Morgan fingerprint density at radius 2 is 1.46 bits per heavy atom. The lowest BCUT2D eigenvalue weighted by molar-refractivity contribution is -0.327. The summed E-state index contributed by atoms with van der Waals surface area (Å²) in [6.45, 7) is 25.0. The maximum absolute atomic E-state index is 13.3. The van der Waals surface area contributed by atoms with E-state index in [0.29, 0.717) is 43.4 Å². The largest absolute Gasteiger partial charge is 0.462 e. The molecule has 0 amide bonds. The first-order chi connectivity index (χ1) is 29.6. The van der Waals surface area contributed by atoms with Crippen LogP contribution in [0.3, 0.4) is 0 Å². The number of aliphatic hydroxyl groups excluding tert-OH is 1. The third-order valence-electron chi connectivity index (χ3n) is 18.8. The van der Waals surface area contributed by atoms with Crippen LogP contribution in [0.25, 0.3) is 0 Å². The number of fused-ring (bicyclic) bond motifs is 5. The summed E-state index contributed by atoms with van der Waals surface area (Å²) in [5.41, 5.74) is 0.404. The van der Waals surface area contributed by atoms with E-state index in [4.69, 9.17) is 23.7 Å². The topological polar surface area (TPSA) is 135 Å². The van der Waals surface area contributed by atoms with Crippen LogP contribution in [0.1, 0.15) is 166 Å². The summed E-state index contributed by atoms with van der Waals surface area (Å²) in [5, 5.41) is 9.97. The van der Waals surface area contributed by atoms with E-state index >= 15 is 0 Å². The van der Waals surface area contributed by atoms with Gasteiger partial charge >= 0.3 is 17.9 Å². The van der Waals surface area contributed by atoms with Gasteiger partial charge in [0.25, 0.3) is 0 Å². The average molecular weight is 879 g/mol. The lowest BCUT2D eigenvalue weighted by atomic mass is 9.34. The first-order valence-corrected chi connectivity index (χ1v) is 24.6. The molecule has 10 heteroatoms. The molecule has 5 aliphatic rings. The molecule has 0 bridgehead atoms. The van der Waals surface area contributed by atoms with Crippen molar-refractivity contribution >= 4 is 23.7 Å². The lowest BCUT2D eigenvalue weighted by Gasteiger charge is -2.71. The molecule has 16 atom stereocenters. The van der Waals surface area contributed by atoms with Crippen LogP contribution in [0.15, 0.2) is 30.3 Å². The number of ketones is 1. The third kappa shape index (κ3) is 9.44. The minimum Gasteiger partial charge on any atom is -0.462 e. The van der Waals surface area contributed by atoms with Crippen molar-refractivity contribution < 1.29 is 48.0 Å². The van der Waals surface area contributed by atoms with Gasteiger partial charge in [-0.3, -0.25) is 19.2 Å². The van der Waals surface area contributed by atoms with Crippen molar-refractivity contribution in [1.29, 1.82) is 0 Å². The fourth-order valence-corrected chi connectivity index (χ4v) is 15.0. The molecule has 10 nitrogen and oxygen atoms in total. The van der Waals surface area contributed by atoms with Crippen molar-refractivity contribution in [3.63, 3.8) is 0 Å². The molecule has 1 aromatic carbocycles. The highest BCUT2D eigenvalue weighted by Gasteiger charge is 2.72. The number of carbonyl (C=O) groups excluding carboxylic acids is 4. The fraction of sp³-hybridized carbons (Fsp3) is 0.811. The van der Waals surface area contributed by atoms with E-state index in [0.717, 1.165) is 44.1 Å². The van der Waals surface area contributed by atoms with Gasteiger partial charge in [-0.15, -0.1) is 0 Å². The smallest absolute Gasteiger partial charge is 0.303 e. The van der Waals surface area contributed by atoms with Crippen LogP contribution in [0.4, 0.5) is 0 Å². The number of aliphatic hydroxyl groups is 1. The molecule has 0 spiro atoms. The normalized spacial score (nSPS) is 39.7. The Hall–Kier alpha value is -2.82. The molecule has 0 aromatic heterocycles. The van der Waals surface area contributed by atoms with Gasteiger partial charge in [0.05, 0.1) is 11.7 Å². The molecule has 1 heterocycles. The minimum absolute atomic E-state index is 0.00187. The summed E-state index contributed by atoms with van der Waals surface area (Å²) in [6, 6.07) is 9.96. The highest BCUT2D eigenvalue weighted by Crippen LogP contribution is 2.76. The molecule has 4 unspecified atom stereocenters. The molecule has 1 aliphatic heterocycles. The zero-order chi connectivity index (χ0) is 46.3. The SMILES string of the molecule is CC[C@H]1O[C@H](O[C@@](C)(CCCC[C@@H](Cc2ccccc2)C(=O)CO)C2CC[C@]3(C)[C@@H]2C(OC(C)=O)CC2[C@@]4(C)CC[C@H](C)C(C)(C)C4CC[C@]23C)[C@H](OC(C)=O)[C@@H](C)[C@@H]1OC(C)=O. The zero-order valence-corrected chi connectivity index (χ0v) is 40.8. The molecule has 5 fully saturated rings. The van der Waals surface area contributed by atoms with Crippen molar-refractivity contribution in [2.45, 2.75) is 203 Å². The number of benzene rings is 1. The number of Topliss-reactive ketones (excluding diaryl/α,β-unsaturated/α-hetero) is 1. The van der Waals surface area contributed by atoms with Gasteiger partial charge in [-0.2, -0.15) is 0 Å². The standard InChI is InChI=1S/C53H82O10/c1-13-41-46(60-35(5)56)33(3)47(61-36(6)57)48(62-41)63-53(12,25-18-17-21-38(40(58)31-54)29-37-19-15-14-16-20-37)39-23-27-52(11)45(39)42(59-34(4)55)30-44-50(9)26-22-32(2)49(7,8)43(50)24-28-51(44,52)10/h14-16,19-20,32-33,38-39,41-48,54H,13,17-18,21-31H2,1-12H3/t32-,33-,38-,39?,41+,42?,43?,44?,45-,46-,47+,48+,50-,51+,52+,53-/m0/s1. The molecule has 63 heavy (non-hydrogen) atoms. The second-order valence-electron chi connectivity index (χ2n) is 22.4. The van der Waals surface area contributed by atoms with E-state index in [1.165, 1.54) is 33.1 Å². The summed E-state index contributed by atoms with van der Waals surface area (Å²) < 4.78 is 32.7. The number of rotatable bonds is 16. The van der Waals surface area contributed by atoms with E-state index in [1.54, 1.807) is 6.92 Å². The molecule has 1 saturated heterocycles.